The summed E-state index contributed by atoms with van der Waals surface area (Å²) in [5, 5.41) is 9.16. The Bertz CT molecular complexity index is 613. The molecule has 0 amide bonds. The Morgan fingerprint density at radius 2 is 2.06 bits per heavy atom. The fourth-order valence-electron chi connectivity index (χ4n) is 1.58. The first-order valence-corrected chi connectivity index (χ1v) is 5.01. The number of halogens is 3. The number of nitrogens with one attached hydrogen (secondary N) is 1. The Hall–Kier alpha value is -2.18. The lowest BCUT2D eigenvalue weighted by atomic mass is 10.1. The highest BCUT2D eigenvalue weighted by atomic mass is 19.4. The highest BCUT2D eigenvalue weighted by molar-refractivity contribution is 5.38. The van der Waals surface area contributed by atoms with Gasteiger partial charge < -0.3 is 10.1 Å². The van der Waals surface area contributed by atoms with E-state index in [9.17, 15) is 18.0 Å². The zero-order valence-electron chi connectivity index (χ0n) is 9.03. The molecule has 7 heteroatoms. The molecular weight excluding hydrogens is 249 g/mol. The molecule has 0 unspecified atom stereocenters. The number of rotatable bonds is 2. The summed E-state index contributed by atoms with van der Waals surface area (Å²) in [6.07, 6.45) is -1.79. The van der Waals surface area contributed by atoms with E-state index in [4.69, 9.17) is 5.11 Å². The number of aromatic hydroxyl groups is 1. The van der Waals surface area contributed by atoms with Crippen molar-refractivity contribution in [2.24, 2.45) is 0 Å². The van der Waals surface area contributed by atoms with Gasteiger partial charge in [0.1, 0.15) is 5.75 Å². The summed E-state index contributed by atoms with van der Waals surface area (Å²) in [6, 6.07) is 3.13. The van der Waals surface area contributed by atoms with Crippen LogP contribution in [0.2, 0.25) is 0 Å². The van der Waals surface area contributed by atoms with Gasteiger partial charge in [-0.15, -0.1) is 0 Å². The van der Waals surface area contributed by atoms with Crippen LogP contribution in [0.5, 0.6) is 5.75 Å². The maximum absolute atomic E-state index is 12.6. The van der Waals surface area contributed by atoms with E-state index in [-0.39, 0.29) is 12.1 Å². The monoisotopic (exact) mass is 258 g/mol. The Morgan fingerprint density at radius 1 is 1.33 bits per heavy atom. The molecule has 0 aliphatic rings. The van der Waals surface area contributed by atoms with E-state index in [0.29, 0.717) is 0 Å². The van der Waals surface area contributed by atoms with Crippen molar-refractivity contribution in [2.75, 3.05) is 0 Å². The summed E-state index contributed by atoms with van der Waals surface area (Å²) < 4.78 is 38.9. The van der Waals surface area contributed by atoms with E-state index in [1.54, 1.807) is 0 Å². The second kappa shape index (κ2) is 4.25. The van der Waals surface area contributed by atoms with E-state index in [0.717, 1.165) is 12.1 Å². The number of phenolic OH excluding ortho intramolecular Hbond substituents is 1. The standard InChI is InChI=1S/C11H9F3N2O2/c12-11(13,14)8-5-7(1-2-9(8)17)6-16-4-3-15-10(16)18/h1-5,17H,6H2,(H,15,18). The molecule has 0 bridgehead atoms. The minimum Gasteiger partial charge on any atom is -0.507 e. The number of hydrogen-bond donors (Lipinski definition) is 2. The van der Waals surface area contributed by atoms with Gasteiger partial charge in [-0.3, -0.25) is 4.57 Å². The molecule has 0 saturated heterocycles. The number of alkyl halides is 3. The van der Waals surface area contributed by atoms with Crippen LogP contribution in [0.4, 0.5) is 13.2 Å². The van der Waals surface area contributed by atoms with E-state index >= 15 is 0 Å². The lowest BCUT2D eigenvalue weighted by Gasteiger charge is -2.11. The summed E-state index contributed by atoms with van der Waals surface area (Å²) in [7, 11) is 0. The lowest BCUT2D eigenvalue weighted by molar-refractivity contribution is -0.138. The second-order valence-electron chi connectivity index (χ2n) is 3.74. The number of aromatic nitrogens is 2. The number of nitrogens with zero attached hydrogens (tertiary/aromatic N) is 1. The third-order valence-corrected chi connectivity index (χ3v) is 2.44. The Labute approximate surface area is 99.3 Å². The number of hydrogen-bond acceptors (Lipinski definition) is 2. The third-order valence-electron chi connectivity index (χ3n) is 2.44. The zero-order valence-corrected chi connectivity index (χ0v) is 9.03. The van der Waals surface area contributed by atoms with Gasteiger partial charge in [0.05, 0.1) is 12.1 Å². The largest absolute Gasteiger partial charge is 0.507 e. The van der Waals surface area contributed by atoms with Gasteiger partial charge in [-0.1, -0.05) is 6.07 Å². The van der Waals surface area contributed by atoms with Crippen LogP contribution in [-0.4, -0.2) is 14.7 Å². The molecule has 1 aromatic carbocycles. The smallest absolute Gasteiger partial charge is 0.419 e. The minimum atomic E-state index is -4.62. The van der Waals surface area contributed by atoms with Crippen LogP contribution in [0, 0.1) is 0 Å². The Balaban J connectivity index is 2.36. The highest BCUT2D eigenvalue weighted by Gasteiger charge is 2.33. The van der Waals surface area contributed by atoms with Gasteiger partial charge in [-0.05, 0) is 17.7 Å². The van der Waals surface area contributed by atoms with Crippen molar-refractivity contribution in [1.82, 2.24) is 9.55 Å². The molecule has 96 valence electrons. The molecule has 18 heavy (non-hydrogen) atoms. The van der Waals surface area contributed by atoms with Crippen molar-refractivity contribution in [3.63, 3.8) is 0 Å². The van der Waals surface area contributed by atoms with Crippen LogP contribution in [0.25, 0.3) is 0 Å². The van der Waals surface area contributed by atoms with Crippen LogP contribution in [-0.2, 0) is 12.7 Å². The fourth-order valence-corrected chi connectivity index (χ4v) is 1.58. The van der Waals surface area contributed by atoms with Crippen molar-refractivity contribution >= 4 is 0 Å². The molecule has 2 rings (SSSR count). The number of aromatic amines is 1. The van der Waals surface area contributed by atoms with Gasteiger partial charge in [-0.2, -0.15) is 13.2 Å². The summed E-state index contributed by atoms with van der Waals surface area (Å²) in [6.45, 7) is 0.00565. The molecule has 0 aliphatic carbocycles. The normalized spacial score (nSPS) is 11.7. The zero-order chi connectivity index (χ0) is 13.3. The van der Waals surface area contributed by atoms with E-state index < -0.39 is 23.2 Å². The number of benzene rings is 1. The maximum Gasteiger partial charge on any atom is 0.419 e. The molecule has 0 aliphatic heterocycles. The van der Waals surface area contributed by atoms with Crippen LogP contribution in [0.15, 0.2) is 35.4 Å². The second-order valence-corrected chi connectivity index (χ2v) is 3.74. The number of imidazole rings is 1. The van der Waals surface area contributed by atoms with Gasteiger partial charge >= 0.3 is 11.9 Å². The summed E-state index contributed by atoms with van der Waals surface area (Å²) in [4.78, 5) is 13.6. The minimum absolute atomic E-state index is 0.00565. The average molecular weight is 258 g/mol. The highest BCUT2D eigenvalue weighted by Crippen LogP contribution is 2.36. The summed E-state index contributed by atoms with van der Waals surface area (Å²) in [5.74, 6) is -0.826. The van der Waals surface area contributed by atoms with Crippen molar-refractivity contribution in [3.05, 3.63) is 52.2 Å². The van der Waals surface area contributed by atoms with Crippen LogP contribution >= 0.6 is 0 Å². The number of phenols is 1. The van der Waals surface area contributed by atoms with Crippen LogP contribution < -0.4 is 5.69 Å². The van der Waals surface area contributed by atoms with E-state index in [1.165, 1.54) is 23.0 Å². The number of H-pyrrole nitrogens is 1. The molecular formula is C11H9F3N2O2. The summed E-state index contributed by atoms with van der Waals surface area (Å²) in [5.41, 5.74) is -1.23. The third kappa shape index (κ3) is 2.39. The molecule has 0 fully saturated rings. The fraction of sp³-hybridized carbons (Fsp3) is 0.182. The van der Waals surface area contributed by atoms with Crippen molar-refractivity contribution in [1.29, 1.82) is 0 Å². The molecule has 2 aromatic rings. The van der Waals surface area contributed by atoms with E-state index in [1.807, 2.05) is 0 Å². The topological polar surface area (TPSA) is 58.0 Å². The van der Waals surface area contributed by atoms with Crippen LogP contribution in [0.3, 0.4) is 0 Å². The Morgan fingerprint density at radius 3 is 2.61 bits per heavy atom. The first kappa shape index (κ1) is 12.3. The first-order chi connectivity index (χ1) is 8.38. The molecule has 1 heterocycles. The average Bonchev–Trinajstić information content (AvgIpc) is 2.66. The van der Waals surface area contributed by atoms with Gasteiger partial charge in [0.25, 0.3) is 0 Å². The van der Waals surface area contributed by atoms with Crippen molar-refractivity contribution < 1.29 is 18.3 Å². The molecule has 0 atom stereocenters. The summed E-state index contributed by atoms with van der Waals surface area (Å²) >= 11 is 0. The molecule has 0 saturated carbocycles. The molecule has 0 radical (unpaired) electrons. The quantitative estimate of drug-likeness (QED) is 0.865. The van der Waals surface area contributed by atoms with Crippen LogP contribution in [0.1, 0.15) is 11.1 Å². The van der Waals surface area contributed by atoms with Gasteiger partial charge in [-0.25, -0.2) is 4.79 Å². The van der Waals surface area contributed by atoms with Gasteiger partial charge in [0.15, 0.2) is 0 Å². The molecule has 1 aromatic heterocycles. The van der Waals surface area contributed by atoms with Gasteiger partial charge in [0, 0.05) is 12.4 Å². The molecule has 0 spiro atoms. The SMILES string of the molecule is O=c1[nH]ccn1Cc1ccc(O)c(C(F)(F)F)c1. The Kier molecular flexibility index (Phi) is 2.90. The maximum atomic E-state index is 12.6. The van der Waals surface area contributed by atoms with E-state index in [2.05, 4.69) is 4.98 Å². The van der Waals surface area contributed by atoms with Gasteiger partial charge in [0.2, 0.25) is 0 Å². The van der Waals surface area contributed by atoms with Crippen molar-refractivity contribution in [2.45, 2.75) is 12.7 Å². The lowest BCUT2D eigenvalue weighted by Crippen LogP contribution is -2.17. The first-order valence-electron chi connectivity index (χ1n) is 5.01. The predicted octanol–water partition coefficient (Wildman–Crippen LogP) is 1.95. The molecule has 4 nitrogen and oxygen atoms in total. The predicted molar refractivity (Wildman–Crippen MR) is 57.3 cm³/mol. The van der Waals surface area contributed by atoms with Crippen molar-refractivity contribution in [3.8, 4) is 5.75 Å². The molecule has 2 N–H and O–H groups in total.